The minimum atomic E-state index is 0.301. The van der Waals surface area contributed by atoms with Crippen LogP contribution in [-0.4, -0.2) is 3.23 Å². The lowest BCUT2D eigenvalue weighted by Crippen LogP contribution is -1.87. The summed E-state index contributed by atoms with van der Waals surface area (Å²) in [5.74, 6) is 1.69. The molecule has 0 aromatic heterocycles. The van der Waals surface area contributed by atoms with Crippen LogP contribution >= 0.6 is 31.9 Å². The summed E-state index contributed by atoms with van der Waals surface area (Å²) < 4.78 is 0.301. The zero-order valence-electron chi connectivity index (χ0n) is 6.53. The summed E-state index contributed by atoms with van der Waals surface area (Å²) in [5.41, 5.74) is 0. The Bertz CT molecular complexity index is 120. The van der Waals surface area contributed by atoms with Crippen LogP contribution < -0.4 is 0 Å². The molecule has 0 amide bonds. The molecule has 0 nitrogen and oxygen atoms in total. The van der Waals surface area contributed by atoms with Crippen molar-refractivity contribution in [3.05, 3.63) is 0 Å². The standard InChI is InChI=1S/C8H14Br2/c1-3-4-5-7-6(2)8(7,9)10/h6-7H,3-5H2,1-2H3/t6-,7-/m1/s1. The second-order valence-electron chi connectivity index (χ2n) is 3.21. The molecule has 1 saturated carbocycles. The van der Waals surface area contributed by atoms with E-state index in [1.807, 2.05) is 0 Å². The molecule has 0 radical (unpaired) electrons. The van der Waals surface area contributed by atoms with Crippen molar-refractivity contribution in [3.63, 3.8) is 0 Å². The van der Waals surface area contributed by atoms with Crippen LogP contribution in [0.1, 0.15) is 33.1 Å². The molecule has 1 rings (SSSR count). The molecule has 10 heavy (non-hydrogen) atoms. The maximum Gasteiger partial charge on any atom is 0.0865 e. The molecule has 0 heterocycles. The van der Waals surface area contributed by atoms with Gasteiger partial charge in [-0.3, -0.25) is 0 Å². The van der Waals surface area contributed by atoms with Crippen molar-refractivity contribution in [2.45, 2.75) is 36.3 Å². The number of hydrogen-bond acceptors (Lipinski definition) is 0. The topological polar surface area (TPSA) is 0 Å². The molecule has 0 spiro atoms. The van der Waals surface area contributed by atoms with E-state index in [1.54, 1.807) is 0 Å². The van der Waals surface area contributed by atoms with Gasteiger partial charge >= 0.3 is 0 Å². The van der Waals surface area contributed by atoms with Crippen molar-refractivity contribution >= 4 is 31.9 Å². The summed E-state index contributed by atoms with van der Waals surface area (Å²) in [6, 6.07) is 0. The van der Waals surface area contributed by atoms with E-state index in [4.69, 9.17) is 0 Å². The van der Waals surface area contributed by atoms with Crippen LogP contribution in [-0.2, 0) is 0 Å². The number of unbranched alkanes of at least 4 members (excludes halogenated alkanes) is 1. The van der Waals surface area contributed by atoms with Gasteiger partial charge in [0.15, 0.2) is 0 Å². The summed E-state index contributed by atoms with van der Waals surface area (Å²) in [7, 11) is 0. The predicted molar refractivity (Wildman–Crippen MR) is 52.8 cm³/mol. The SMILES string of the molecule is CCCC[C@@H]1[C@@H](C)C1(Br)Br. The van der Waals surface area contributed by atoms with E-state index >= 15 is 0 Å². The largest absolute Gasteiger partial charge is 0.0865 e. The van der Waals surface area contributed by atoms with Gasteiger partial charge in [-0.15, -0.1) is 0 Å². The van der Waals surface area contributed by atoms with E-state index in [0.29, 0.717) is 3.23 Å². The Hall–Kier alpha value is 0.960. The van der Waals surface area contributed by atoms with Gasteiger partial charge in [0.2, 0.25) is 0 Å². The Morgan fingerprint density at radius 3 is 2.20 bits per heavy atom. The molecule has 0 N–H and O–H groups in total. The van der Waals surface area contributed by atoms with Crippen molar-refractivity contribution in [1.29, 1.82) is 0 Å². The van der Waals surface area contributed by atoms with Crippen molar-refractivity contribution in [2.75, 3.05) is 0 Å². The van der Waals surface area contributed by atoms with Crippen molar-refractivity contribution in [2.24, 2.45) is 11.8 Å². The first-order chi connectivity index (χ1) is 4.60. The predicted octanol–water partition coefficient (Wildman–Crippen LogP) is 3.93. The Morgan fingerprint density at radius 2 is 1.90 bits per heavy atom. The summed E-state index contributed by atoms with van der Waals surface area (Å²) in [5, 5.41) is 0. The molecule has 0 saturated heterocycles. The van der Waals surface area contributed by atoms with Crippen LogP contribution in [0, 0.1) is 11.8 Å². The maximum absolute atomic E-state index is 3.66. The van der Waals surface area contributed by atoms with E-state index in [9.17, 15) is 0 Å². The van der Waals surface area contributed by atoms with Gasteiger partial charge < -0.3 is 0 Å². The third-order valence-corrected chi connectivity index (χ3v) is 5.09. The number of rotatable bonds is 3. The first-order valence-corrected chi connectivity index (χ1v) is 5.57. The summed E-state index contributed by atoms with van der Waals surface area (Å²) >= 11 is 7.33. The number of halogens is 2. The highest BCUT2D eigenvalue weighted by Gasteiger charge is 2.57. The Morgan fingerprint density at radius 1 is 1.40 bits per heavy atom. The fourth-order valence-electron chi connectivity index (χ4n) is 1.43. The minimum absolute atomic E-state index is 0.301. The van der Waals surface area contributed by atoms with Gasteiger partial charge in [-0.25, -0.2) is 0 Å². The first kappa shape index (κ1) is 9.05. The molecule has 0 unspecified atom stereocenters. The van der Waals surface area contributed by atoms with E-state index in [1.165, 1.54) is 19.3 Å². The maximum atomic E-state index is 3.66. The lowest BCUT2D eigenvalue weighted by atomic mass is 10.2. The number of hydrogen-bond donors (Lipinski definition) is 0. The van der Waals surface area contributed by atoms with Crippen LogP contribution in [0.3, 0.4) is 0 Å². The fourth-order valence-corrected chi connectivity index (χ4v) is 3.05. The second-order valence-corrected chi connectivity index (χ2v) is 6.90. The molecule has 1 fully saturated rings. The third kappa shape index (κ3) is 1.58. The van der Waals surface area contributed by atoms with E-state index in [-0.39, 0.29) is 0 Å². The van der Waals surface area contributed by atoms with Gasteiger partial charge in [0, 0.05) is 0 Å². The summed E-state index contributed by atoms with van der Waals surface area (Å²) in [4.78, 5) is 0. The van der Waals surface area contributed by atoms with Gasteiger partial charge in [0.25, 0.3) is 0 Å². The zero-order chi connectivity index (χ0) is 7.78. The molecular weight excluding hydrogens is 256 g/mol. The molecule has 1 aliphatic rings. The van der Waals surface area contributed by atoms with E-state index < -0.39 is 0 Å². The monoisotopic (exact) mass is 268 g/mol. The van der Waals surface area contributed by atoms with Crippen LogP contribution in [0.25, 0.3) is 0 Å². The quantitative estimate of drug-likeness (QED) is 0.681. The summed E-state index contributed by atoms with van der Waals surface area (Å²) in [6.07, 6.45) is 4.06. The van der Waals surface area contributed by atoms with Crippen LogP contribution in [0.4, 0.5) is 0 Å². The molecule has 2 atom stereocenters. The molecular formula is C8H14Br2. The highest BCUT2D eigenvalue weighted by Crippen LogP contribution is 2.63. The van der Waals surface area contributed by atoms with Crippen LogP contribution in [0.5, 0.6) is 0 Å². The second kappa shape index (κ2) is 3.14. The normalized spacial score (nSPS) is 36.0. The van der Waals surface area contributed by atoms with Gasteiger partial charge in [0.05, 0.1) is 3.23 Å². The van der Waals surface area contributed by atoms with Gasteiger partial charge in [-0.05, 0) is 18.3 Å². The van der Waals surface area contributed by atoms with Gasteiger partial charge in [-0.2, -0.15) is 0 Å². The molecule has 0 aliphatic heterocycles. The molecule has 0 bridgehead atoms. The average molecular weight is 270 g/mol. The molecule has 60 valence electrons. The Kier molecular flexibility index (Phi) is 2.84. The molecule has 0 aromatic rings. The van der Waals surface area contributed by atoms with Crippen LogP contribution in [0.2, 0.25) is 0 Å². The smallest absolute Gasteiger partial charge is 0.0721 e. The van der Waals surface area contributed by atoms with E-state index in [2.05, 4.69) is 45.7 Å². The van der Waals surface area contributed by atoms with E-state index in [0.717, 1.165) is 11.8 Å². The summed E-state index contributed by atoms with van der Waals surface area (Å²) in [6.45, 7) is 4.54. The first-order valence-electron chi connectivity index (χ1n) is 3.98. The Balaban J connectivity index is 2.22. The molecule has 0 aromatic carbocycles. The van der Waals surface area contributed by atoms with Crippen LogP contribution in [0.15, 0.2) is 0 Å². The zero-order valence-corrected chi connectivity index (χ0v) is 9.70. The Labute approximate surface area is 80.0 Å². The highest BCUT2D eigenvalue weighted by atomic mass is 79.9. The lowest BCUT2D eigenvalue weighted by Gasteiger charge is -1.96. The number of alkyl halides is 2. The van der Waals surface area contributed by atoms with Crippen molar-refractivity contribution < 1.29 is 0 Å². The van der Waals surface area contributed by atoms with Gasteiger partial charge in [0.1, 0.15) is 0 Å². The van der Waals surface area contributed by atoms with Gasteiger partial charge in [-0.1, -0.05) is 58.5 Å². The molecule has 1 aliphatic carbocycles. The lowest BCUT2D eigenvalue weighted by molar-refractivity contribution is 0.620. The highest BCUT2D eigenvalue weighted by molar-refractivity contribution is 9.25. The minimum Gasteiger partial charge on any atom is -0.0721 e. The van der Waals surface area contributed by atoms with Crippen molar-refractivity contribution in [1.82, 2.24) is 0 Å². The fraction of sp³-hybridized carbons (Fsp3) is 1.00. The van der Waals surface area contributed by atoms with Crippen molar-refractivity contribution in [3.8, 4) is 0 Å². The third-order valence-electron chi connectivity index (χ3n) is 2.46. The molecule has 2 heteroatoms. The average Bonchev–Trinajstić information content (AvgIpc) is 2.31.